The molecule has 0 aromatic carbocycles. The molecule has 0 heterocycles. The highest BCUT2D eigenvalue weighted by Gasteiger charge is 2.24. The number of unbranched alkanes of at least 4 members (excludes halogenated alkanes) is 1. The van der Waals surface area contributed by atoms with E-state index >= 15 is 0 Å². The van der Waals surface area contributed by atoms with Crippen LogP contribution in [0.5, 0.6) is 0 Å². The van der Waals surface area contributed by atoms with Gasteiger partial charge >= 0.3 is 0 Å². The van der Waals surface area contributed by atoms with Gasteiger partial charge in [-0.2, -0.15) is 0 Å². The maximum absolute atomic E-state index is 5.85. The molecule has 0 saturated carbocycles. The molecule has 0 aliphatic carbocycles. The summed E-state index contributed by atoms with van der Waals surface area (Å²) in [6, 6.07) is 0. The number of rotatable bonds is 5. The van der Waals surface area contributed by atoms with Gasteiger partial charge in [0.25, 0.3) is 0 Å². The van der Waals surface area contributed by atoms with Crippen molar-refractivity contribution >= 4 is 16.1 Å². The lowest BCUT2D eigenvalue weighted by molar-refractivity contribution is 0.322. The van der Waals surface area contributed by atoms with Crippen LogP contribution in [0.3, 0.4) is 0 Å². The van der Waals surface area contributed by atoms with E-state index in [0.29, 0.717) is 0 Å². The van der Waals surface area contributed by atoms with Gasteiger partial charge in [0.15, 0.2) is 8.56 Å². The minimum Gasteiger partial charge on any atom is -0.424 e. The molecule has 11 heavy (non-hydrogen) atoms. The monoisotopic (exact) mass is 190 g/mol. The van der Waals surface area contributed by atoms with Gasteiger partial charge in [-0.3, -0.25) is 0 Å². The second-order valence-corrected chi connectivity index (χ2v) is 18.2. The smallest absolute Gasteiger partial charge is 0.161 e. The Kier molecular flexibility index (Phi) is 5.30. The SMILES string of the molecule is CCCCO[SiH](C)[Si](C)(C)C. The summed E-state index contributed by atoms with van der Waals surface area (Å²) in [4.78, 5) is 0. The molecule has 0 rings (SSSR count). The molecule has 0 aromatic rings. The Labute approximate surface area is 73.7 Å². The Morgan fingerprint density at radius 2 is 1.82 bits per heavy atom. The van der Waals surface area contributed by atoms with E-state index in [-0.39, 0.29) is 0 Å². The van der Waals surface area contributed by atoms with Crippen molar-refractivity contribution in [2.45, 2.75) is 46.0 Å². The van der Waals surface area contributed by atoms with Crippen LogP contribution in [0.2, 0.25) is 26.2 Å². The molecule has 68 valence electrons. The van der Waals surface area contributed by atoms with Crippen LogP contribution in [0.15, 0.2) is 0 Å². The normalized spacial score (nSPS) is 15.0. The second kappa shape index (κ2) is 5.11. The van der Waals surface area contributed by atoms with Crippen molar-refractivity contribution in [2.75, 3.05) is 6.61 Å². The van der Waals surface area contributed by atoms with Crippen LogP contribution < -0.4 is 0 Å². The fourth-order valence-corrected chi connectivity index (χ4v) is 3.53. The third kappa shape index (κ3) is 5.64. The first-order chi connectivity index (χ1) is 4.98. The van der Waals surface area contributed by atoms with Crippen LogP contribution in [0.1, 0.15) is 19.8 Å². The first-order valence-electron chi connectivity index (χ1n) is 4.60. The van der Waals surface area contributed by atoms with E-state index in [2.05, 4.69) is 33.1 Å². The van der Waals surface area contributed by atoms with E-state index in [0.717, 1.165) is 6.61 Å². The van der Waals surface area contributed by atoms with Crippen LogP contribution in [0.4, 0.5) is 0 Å². The summed E-state index contributed by atoms with van der Waals surface area (Å²) in [7, 11) is -1.68. The Hall–Kier alpha value is 0.394. The van der Waals surface area contributed by atoms with E-state index in [4.69, 9.17) is 4.43 Å². The van der Waals surface area contributed by atoms with Gasteiger partial charge in [0.1, 0.15) is 0 Å². The average molecular weight is 190 g/mol. The highest BCUT2D eigenvalue weighted by molar-refractivity contribution is 7.28. The minimum atomic E-state index is -0.894. The topological polar surface area (TPSA) is 9.23 Å². The van der Waals surface area contributed by atoms with Gasteiger partial charge < -0.3 is 4.43 Å². The maximum Gasteiger partial charge on any atom is 0.161 e. The van der Waals surface area contributed by atoms with E-state index in [9.17, 15) is 0 Å². The van der Waals surface area contributed by atoms with Crippen LogP contribution in [-0.4, -0.2) is 22.8 Å². The number of hydrogen-bond donors (Lipinski definition) is 0. The van der Waals surface area contributed by atoms with Gasteiger partial charge in [0.05, 0.1) is 7.59 Å². The van der Waals surface area contributed by atoms with Crippen molar-refractivity contribution in [1.82, 2.24) is 0 Å². The lowest BCUT2D eigenvalue weighted by Gasteiger charge is -2.23. The van der Waals surface area contributed by atoms with Crippen molar-refractivity contribution in [3.8, 4) is 0 Å². The molecule has 0 amide bonds. The quantitative estimate of drug-likeness (QED) is 0.478. The molecule has 0 aliphatic heterocycles. The molecule has 0 aliphatic rings. The molecule has 1 atom stereocenters. The largest absolute Gasteiger partial charge is 0.424 e. The minimum absolute atomic E-state index is 0.783. The van der Waals surface area contributed by atoms with Crippen molar-refractivity contribution in [3.05, 3.63) is 0 Å². The molecule has 1 nitrogen and oxygen atoms in total. The van der Waals surface area contributed by atoms with E-state index in [1.807, 2.05) is 0 Å². The zero-order chi connectivity index (χ0) is 8.91. The lowest BCUT2D eigenvalue weighted by Crippen LogP contribution is -2.42. The Bertz CT molecular complexity index is 98.8. The van der Waals surface area contributed by atoms with Crippen molar-refractivity contribution < 1.29 is 4.43 Å². The molecule has 0 spiro atoms. The summed E-state index contributed by atoms with van der Waals surface area (Å²) in [5.41, 5.74) is 0. The Morgan fingerprint density at radius 1 is 1.27 bits per heavy atom. The predicted octanol–water partition coefficient (Wildman–Crippen LogP) is 2.57. The molecule has 1 unspecified atom stereocenters. The first kappa shape index (κ1) is 11.4. The second-order valence-electron chi connectivity index (χ2n) is 4.23. The summed E-state index contributed by atoms with van der Waals surface area (Å²) < 4.78 is 5.85. The molecule has 0 radical (unpaired) electrons. The molecule has 0 fully saturated rings. The third-order valence-corrected chi connectivity index (χ3v) is 13.1. The van der Waals surface area contributed by atoms with Gasteiger partial charge in [0, 0.05) is 6.61 Å². The maximum atomic E-state index is 5.85. The number of hydrogen-bond acceptors (Lipinski definition) is 1. The van der Waals surface area contributed by atoms with Crippen molar-refractivity contribution in [3.63, 3.8) is 0 Å². The molecular weight excluding hydrogens is 168 g/mol. The predicted molar refractivity (Wildman–Crippen MR) is 57.2 cm³/mol. The van der Waals surface area contributed by atoms with Crippen LogP contribution in [0, 0.1) is 0 Å². The van der Waals surface area contributed by atoms with Crippen LogP contribution in [-0.2, 0) is 4.43 Å². The molecule has 0 bridgehead atoms. The summed E-state index contributed by atoms with van der Waals surface area (Å²) in [6.45, 7) is 12.8. The fraction of sp³-hybridized carbons (Fsp3) is 1.00. The zero-order valence-corrected chi connectivity index (χ0v) is 10.8. The lowest BCUT2D eigenvalue weighted by atomic mass is 10.4. The summed E-state index contributed by atoms with van der Waals surface area (Å²) in [5.74, 6) is 0. The summed E-state index contributed by atoms with van der Waals surface area (Å²) in [6.07, 6.45) is 2.49. The Morgan fingerprint density at radius 3 is 2.18 bits per heavy atom. The van der Waals surface area contributed by atoms with E-state index < -0.39 is 16.1 Å². The molecule has 3 heteroatoms. The van der Waals surface area contributed by atoms with Crippen LogP contribution in [0.25, 0.3) is 0 Å². The van der Waals surface area contributed by atoms with Crippen LogP contribution >= 0.6 is 0 Å². The molecule has 0 aromatic heterocycles. The molecule has 0 N–H and O–H groups in total. The van der Waals surface area contributed by atoms with Gasteiger partial charge in [-0.15, -0.1) is 0 Å². The Balaban J connectivity index is 3.44. The van der Waals surface area contributed by atoms with Gasteiger partial charge in [-0.05, 0) is 6.42 Å². The average Bonchev–Trinajstić information content (AvgIpc) is 1.86. The zero-order valence-electron chi connectivity index (χ0n) is 8.61. The van der Waals surface area contributed by atoms with Gasteiger partial charge in [-0.1, -0.05) is 39.5 Å². The highest BCUT2D eigenvalue weighted by atomic mass is 29.2. The molecule has 0 saturated heterocycles. The molecular formula is C8H22OSi2. The van der Waals surface area contributed by atoms with Crippen molar-refractivity contribution in [1.29, 1.82) is 0 Å². The first-order valence-corrected chi connectivity index (χ1v) is 11.5. The van der Waals surface area contributed by atoms with E-state index in [1.165, 1.54) is 12.8 Å². The van der Waals surface area contributed by atoms with Gasteiger partial charge in [0.2, 0.25) is 0 Å². The fourth-order valence-electron chi connectivity index (χ4n) is 0.654. The third-order valence-electron chi connectivity index (χ3n) is 2.09. The highest BCUT2D eigenvalue weighted by Crippen LogP contribution is 2.07. The standard InChI is InChI=1S/C8H22OSi2/c1-6-7-8-9-10(2)11(3,4)5/h10H,6-8H2,1-5H3. The summed E-state index contributed by atoms with van der Waals surface area (Å²) in [5, 5.41) is 0. The summed E-state index contributed by atoms with van der Waals surface area (Å²) >= 11 is 0. The van der Waals surface area contributed by atoms with Crippen molar-refractivity contribution in [2.24, 2.45) is 0 Å². The van der Waals surface area contributed by atoms with Gasteiger partial charge in [-0.25, -0.2) is 0 Å². The van der Waals surface area contributed by atoms with E-state index in [1.54, 1.807) is 0 Å².